The normalized spacial score (nSPS) is 55.4. The molecule has 3 fully saturated rings. The monoisotopic (exact) mass is 323 g/mol. The van der Waals surface area contributed by atoms with E-state index in [0.717, 1.165) is 0 Å². The van der Waals surface area contributed by atoms with Crippen molar-refractivity contribution in [2.75, 3.05) is 6.54 Å². The summed E-state index contributed by atoms with van der Waals surface area (Å²) in [7, 11) is 0. The standard InChI is InChI=1S/C11H18INO2/c1-6-9(12)10-11(7(2)14-6)15-8-4-3-5-13(8)10/h6-11H,3-5H2,1-2H3. The Balaban J connectivity index is 1.86. The quantitative estimate of drug-likeness (QED) is 0.501. The number of nitrogens with zero attached hydrogens (tertiary/aromatic N) is 1. The summed E-state index contributed by atoms with van der Waals surface area (Å²) in [6.45, 7) is 5.55. The predicted octanol–water partition coefficient (Wildman–Crippen LogP) is 1.79. The smallest absolute Gasteiger partial charge is 0.111 e. The number of hydrogen-bond acceptors (Lipinski definition) is 3. The van der Waals surface area contributed by atoms with Crippen LogP contribution < -0.4 is 0 Å². The first-order valence-electron chi connectivity index (χ1n) is 5.89. The molecule has 86 valence electrons. The lowest BCUT2D eigenvalue weighted by Gasteiger charge is -2.40. The molecule has 15 heavy (non-hydrogen) atoms. The van der Waals surface area contributed by atoms with Gasteiger partial charge in [-0.05, 0) is 26.7 Å². The minimum atomic E-state index is 0.251. The van der Waals surface area contributed by atoms with E-state index in [1.54, 1.807) is 0 Å². The topological polar surface area (TPSA) is 21.7 Å². The van der Waals surface area contributed by atoms with Crippen LogP contribution in [0.15, 0.2) is 0 Å². The van der Waals surface area contributed by atoms with E-state index in [1.165, 1.54) is 19.4 Å². The highest BCUT2D eigenvalue weighted by Crippen LogP contribution is 2.41. The average molecular weight is 323 g/mol. The second kappa shape index (κ2) is 3.82. The number of rotatable bonds is 0. The highest BCUT2D eigenvalue weighted by molar-refractivity contribution is 14.1. The van der Waals surface area contributed by atoms with E-state index in [1.807, 2.05) is 0 Å². The third-order valence-corrected chi connectivity index (χ3v) is 5.69. The first-order chi connectivity index (χ1) is 7.18. The fourth-order valence-corrected chi connectivity index (χ4v) is 4.21. The molecule has 3 aliphatic rings. The zero-order chi connectivity index (χ0) is 10.6. The lowest BCUT2D eigenvalue weighted by Crippen LogP contribution is -2.55. The number of ether oxygens (including phenoxy) is 2. The van der Waals surface area contributed by atoms with Crippen LogP contribution in [0, 0.1) is 0 Å². The van der Waals surface area contributed by atoms with E-state index in [4.69, 9.17) is 9.47 Å². The van der Waals surface area contributed by atoms with Crippen LogP contribution in [0.25, 0.3) is 0 Å². The minimum Gasteiger partial charge on any atom is -0.372 e. The highest BCUT2D eigenvalue weighted by atomic mass is 127. The fourth-order valence-electron chi connectivity index (χ4n) is 3.22. The van der Waals surface area contributed by atoms with Gasteiger partial charge in [0.2, 0.25) is 0 Å². The molecule has 4 heteroatoms. The van der Waals surface area contributed by atoms with Crippen molar-refractivity contribution in [2.24, 2.45) is 0 Å². The third kappa shape index (κ3) is 1.56. The van der Waals surface area contributed by atoms with Gasteiger partial charge < -0.3 is 9.47 Å². The van der Waals surface area contributed by atoms with E-state index >= 15 is 0 Å². The van der Waals surface area contributed by atoms with Gasteiger partial charge in [0.15, 0.2) is 0 Å². The summed E-state index contributed by atoms with van der Waals surface area (Å²) in [6, 6.07) is 0.580. The lowest BCUT2D eigenvalue weighted by molar-refractivity contribution is -0.113. The molecule has 0 aromatic heterocycles. The second-order valence-corrected chi connectivity index (χ2v) is 6.36. The molecule has 0 aromatic carbocycles. The summed E-state index contributed by atoms with van der Waals surface area (Å²) in [5, 5.41) is 0. The van der Waals surface area contributed by atoms with Crippen molar-refractivity contribution in [3.63, 3.8) is 0 Å². The molecule has 0 saturated carbocycles. The molecule has 0 aliphatic carbocycles. The maximum atomic E-state index is 6.12. The summed E-state index contributed by atoms with van der Waals surface area (Å²) in [5.41, 5.74) is 0. The summed E-state index contributed by atoms with van der Waals surface area (Å²) in [5.74, 6) is 0. The van der Waals surface area contributed by atoms with Crippen molar-refractivity contribution in [1.82, 2.24) is 4.90 Å². The molecule has 0 aromatic rings. The second-order valence-electron chi connectivity index (χ2n) is 4.92. The molecule has 3 heterocycles. The number of alkyl halides is 1. The van der Waals surface area contributed by atoms with Gasteiger partial charge in [0, 0.05) is 6.54 Å². The van der Waals surface area contributed by atoms with Crippen molar-refractivity contribution in [1.29, 1.82) is 0 Å². The first kappa shape index (κ1) is 10.7. The number of hydrogen-bond donors (Lipinski definition) is 0. The van der Waals surface area contributed by atoms with Crippen LogP contribution in [-0.4, -0.2) is 46.0 Å². The summed E-state index contributed by atoms with van der Waals surface area (Å²) < 4.78 is 12.6. The van der Waals surface area contributed by atoms with Crippen molar-refractivity contribution < 1.29 is 9.47 Å². The first-order valence-corrected chi connectivity index (χ1v) is 7.14. The van der Waals surface area contributed by atoms with Gasteiger partial charge >= 0.3 is 0 Å². The Morgan fingerprint density at radius 1 is 1.20 bits per heavy atom. The minimum absolute atomic E-state index is 0.251. The molecular weight excluding hydrogens is 305 g/mol. The Morgan fingerprint density at radius 3 is 2.80 bits per heavy atom. The number of fused-ring (bicyclic) bond motifs is 3. The van der Waals surface area contributed by atoms with Gasteiger partial charge in [-0.1, -0.05) is 22.6 Å². The maximum absolute atomic E-state index is 6.12. The Kier molecular flexibility index (Phi) is 2.74. The maximum Gasteiger partial charge on any atom is 0.111 e. The van der Waals surface area contributed by atoms with Gasteiger partial charge in [0.05, 0.1) is 22.2 Å². The van der Waals surface area contributed by atoms with Crippen molar-refractivity contribution in [2.45, 2.75) is 61.2 Å². The largest absolute Gasteiger partial charge is 0.372 e. The van der Waals surface area contributed by atoms with Crippen LogP contribution >= 0.6 is 22.6 Å². The highest BCUT2D eigenvalue weighted by Gasteiger charge is 2.53. The Labute approximate surface area is 105 Å². The third-order valence-electron chi connectivity index (χ3n) is 3.94. The molecule has 3 aliphatic heterocycles. The molecule has 0 radical (unpaired) electrons. The summed E-state index contributed by atoms with van der Waals surface area (Å²) in [6.07, 6.45) is 3.78. The van der Waals surface area contributed by atoms with E-state index in [2.05, 4.69) is 41.3 Å². The zero-order valence-corrected chi connectivity index (χ0v) is 11.4. The molecule has 0 bridgehead atoms. The molecule has 0 N–H and O–H groups in total. The molecule has 6 unspecified atom stereocenters. The van der Waals surface area contributed by atoms with E-state index in [0.29, 0.717) is 28.4 Å². The summed E-state index contributed by atoms with van der Waals surface area (Å²) in [4.78, 5) is 2.57. The molecule has 3 saturated heterocycles. The van der Waals surface area contributed by atoms with Gasteiger partial charge in [-0.2, -0.15) is 0 Å². The van der Waals surface area contributed by atoms with Crippen molar-refractivity contribution in [3.8, 4) is 0 Å². The summed E-state index contributed by atoms with van der Waals surface area (Å²) >= 11 is 2.54. The number of halogens is 1. The Bertz CT molecular complexity index is 263. The molecule has 3 nitrogen and oxygen atoms in total. The van der Waals surface area contributed by atoms with Gasteiger partial charge in [-0.25, -0.2) is 0 Å². The average Bonchev–Trinajstić information content (AvgIpc) is 2.72. The zero-order valence-electron chi connectivity index (χ0n) is 9.23. The van der Waals surface area contributed by atoms with Gasteiger partial charge in [-0.15, -0.1) is 0 Å². The van der Waals surface area contributed by atoms with Crippen LogP contribution in [-0.2, 0) is 9.47 Å². The Morgan fingerprint density at radius 2 is 2.00 bits per heavy atom. The van der Waals surface area contributed by atoms with Crippen LogP contribution in [0.5, 0.6) is 0 Å². The van der Waals surface area contributed by atoms with E-state index in [9.17, 15) is 0 Å². The van der Waals surface area contributed by atoms with Crippen LogP contribution in [0.1, 0.15) is 26.7 Å². The molecule has 0 spiro atoms. The molecule has 6 atom stereocenters. The van der Waals surface area contributed by atoms with Gasteiger partial charge in [0.1, 0.15) is 12.3 Å². The van der Waals surface area contributed by atoms with Crippen LogP contribution in [0.4, 0.5) is 0 Å². The van der Waals surface area contributed by atoms with Gasteiger partial charge in [0.25, 0.3) is 0 Å². The molecular formula is C11H18INO2. The SMILES string of the molecule is CC1OC(C)C2OC3CCCN3C2C1I. The molecule has 0 amide bonds. The van der Waals surface area contributed by atoms with Crippen LogP contribution in [0.3, 0.4) is 0 Å². The van der Waals surface area contributed by atoms with E-state index in [-0.39, 0.29) is 6.10 Å². The van der Waals surface area contributed by atoms with Crippen molar-refractivity contribution >= 4 is 22.6 Å². The predicted molar refractivity (Wildman–Crippen MR) is 66.2 cm³/mol. The lowest BCUT2D eigenvalue weighted by atomic mass is 9.96. The molecule has 3 rings (SSSR count). The van der Waals surface area contributed by atoms with Crippen LogP contribution in [0.2, 0.25) is 0 Å². The van der Waals surface area contributed by atoms with Gasteiger partial charge in [-0.3, -0.25) is 4.90 Å². The fraction of sp³-hybridized carbons (Fsp3) is 1.00. The van der Waals surface area contributed by atoms with Crippen molar-refractivity contribution in [3.05, 3.63) is 0 Å². The van der Waals surface area contributed by atoms with E-state index < -0.39 is 0 Å². The Hall–Kier alpha value is 0.610.